The quantitative estimate of drug-likeness (QED) is 0.592. The molecule has 0 aliphatic carbocycles. The summed E-state index contributed by atoms with van der Waals surface area (Å²) in [4.78, 5) is 12.2. The monoisotopic (exact) mass is 374 g/mol. The Hall–Kier alpha value is -0.923. The SMILES string of the molecule is Cn1c(=O)n(COCC[Si](C)(C)C)c2cc(F)c(Br)cc21. The summed E-state index contributed by atoms with van der Waals surface area (Å²) in [5.74, 6) is -0.385. The molecule has 4 nitrogen and oxygen atoms in total. The average molecular weight is 375 g/mol. The molecule has 0 unspecified atom stereocenters. The van der Waals surface area contributed by atoms with E-state index in [0.717, 1.165) is 6.04 Å². The molecular weight excluding hydrogens is 355 g/mol. The highest BCUT2D eigenvalue weighted by molar-refractivity contribution is 9.10. The van der Waals surface area contributed by atoms with Crippen molar-refractivity contribution in [1.82, 2.24) is 9.13 Å². The number of rotatable bonds is 5. The highest BCUT2D eigenvalue weighted by Crippen LogP contribution is 2.22. The van der Waals surface area contributed by atoms with Gasteiger partial charge in [0, 0.05) is 27.8 Å². The van der Waals surface area contributed by atoms with Gasteiger partial charge in [-0.05, 0) is 28.0 Å². The van der Waals surface area contributed by atoms with Crippen molar-refractivity contribution in [2.75, 3.05) is 6.61 Å². The number of imidazole rings is 1. The molecule has 2 aromatic rings. The molecule has 0 radical (unpaired) electrons. The van der Waals surface area contributed by atoms with Crippen molar-refractivity contribution in [2.24, 2.45) is 7.05 Å². The number of aromatic nitrogens is 2. The number of benzene rings is 1. The summed E-state index contributed by atoms with van der Waals surface area (Å²) in [6.45, 7) is 7.59. The van der Waals surface area contributed by atoms with Crippen LogP contribution in [-0.2, 0) is 18.5 Å². The van der Waals surface area contributed by atoms with Crippen LogP contribution in [0.25, 0.3) is 11.0 Å². The van der Waals surface area contributed by atoms with Gasteiger partial charge >= 0.3 is 5.69 Å². The molecule has 7 heteroatoms. The Kier molecular flexibility index (Phi) is 4.75. The second kappa shape index (κ2) is 6.06. The van der Waals surface area contributed by atoms with Gasteiger partial charge in [-0.1, -0.05) is 19.6 Å². The topological polar surface area (TPSA) is 36.2 Å². The molecule has 0 aliphatic rings. The molecule has 0 saturated carbocycles. The van der Waals surface area contributed by atoms with Gasteiger partial charge in [-0.25, -0.2) is 9.18 Å². The van der Waals surface area contributed by atoms with Crippen molar-refractivity contribution in [3.8, 4) is 0 Å². The molecule has 1 aromatic heterocycles. The Morgan fingerprint density at radius 1 is 1.29 bits per heavy atom. The minimum absolute atomic E-state index is 0.154. The van der Waals surface area contributed by atoms with Crippen LogP contribution in [-0.4, -0.2) is 23.8 Å². The van der Waals surface area contributed by atoms with E-state index < -0.39 is 8.07 Å². The van der Waals surface area contributed by atoms with Gasteiger partial charge in [0.15, 0.2) is 0 Å². The molecule has 0 spiro atoms. The lowest BCUT2D eigenvalue weighted by atomic mass is 10.3. The maximum atomic E-state index is 13.7. The third-order valence-electron chi connectivity index (χ3n) is 3.40. The first-order chi connectivity index (χ1) is 9.70. The van der Waals surface area contributed by atoms with E-state index in [1.165, 1.54) is 15.2 Å². The molecular formula is C14H20BrFN2O2Si. The first kappa shape index (κ1) is 16.4. The zero-order chi connectivity index (χ0) is 15.8. The van der Waals surface area contributed by atoms with Crippen molar-refractivity contribution >= 4 is 35.0 Å². The highest BCUT2D eigenvalue weighted by Gasteiger charge is 2.15. The summed E-state index contributed by atoms with van der Waals surface area (Å²) in [6.07, 6.45) is 0. The standard InChI is InChI=1S/C14H20BrFN2O2Si/c1-17-12-7-10(15)11(16)8-13(12)18(14(17)19)9-20-5-6-21(2,3)4/h7-8H,5-6,9H2,1-4H3. The fraction of sp³-hybridized carbons (Fsp3) is 0.500. The van der Waals surface area contributed by atoms with Crippen LogP contribution in [0.4, 0.5) is 4.39 Å². The van der Waals surface area contributed by atoms with Crippen molar-refractivity contribution in [2.45, 2.75) is 32.4 Å². The third kappa shape index (κ3) is 3.64. The Balaban J connectivity index is 2.26. The van der Waals surface area contributed by atoms with E-state index in [1.807, 2.05) is 0 Å². The van der Waals surface area contributed by atoms with Crippen LogP contribution in [0.2, 0.25) is 25.7 Å². The van der Waals surface area contributed by atoms with Crippen LogP contribution >= 0.6 is 15.9 Å². The van der Waals surface area contributed by atoms with Crippen LogP contribution in [0.15, 0.2) is 21.4 Å². The molecule has 21 heavy (non-hydrogen) atoms. The van der Waals surface area contributed by atoms with E-state index in [2.05, 4.69) is 35.6 Å². The molecule has 0 amide bonds. The Bertz CT molecular complexity index is 718. The predicted molar refractivity (Wildman–Crippen MR) is 88.9 cm³/mol. The van der Waals surface area contributed by atoms with Gasteiger partial charge in [0.2, 0.25) is 0 Å². The Labute approximate surface area is 132 Å². The van der Waals surface area contributed by atoms with Crippen LogP contribution in [0.3, 0.4) is 0 Å². The van der Waals surface area contributed by atoms with Gasteiger partial charge < -0.3 is 4.74 Å². The molecule has 1 heterocycles. The largest absolute Gasteiger partial charge is 0.361 e. The van der Waals surface area contributed by atoms with Crippen molar-refractivity contribution < 1.29 is 9.13 Å². The second-order valence-corrected chi connectivity index (χ2v) is 12.8. The number of halogens is 2. The molecule has 1 aromatic carbocycles. The maximum Gasteiger partial charge on any atom is 0.330 e. The zero-order valence-electron chi connectivity index (χ0n) is 12.7. The van der Waals surface area contributed by atoms with E-state index >= 15 is 0 Å². The van der Waals surface area contributed by atoms with Gasteiger partial charge in [-0.15, -0.1) is 0 Å². The first-order valence-electron chi connectivity index (χ1n) is 6.83. The van der Waals surface area contributed by atoms with Crippen LogP contribution in [0.1, 0.15) is 0 Å². The predicted octanol–water partition coefficient (Wildman–Crippen LogP) is 3.55. The lowest BCUT2D eigenvalue weighted by Gasteiger charge is -2.15. The Morgan fingerprint density at radius 2 is 1.95 bits per heavy atom. The molecule has 0 N–H and O–H groups in total. The minimum atomic E-state index is -1.16. The van der Waals surface area contributed by atoms with Gasteiger partial charge in [0.05, 0.1) is 15.5 Å². The first-order valence-corrected chi connectivity index (χ1v) is 11.3. The van der Waals surface area contributed by atoms with Crippen molar-refractivity contribution in [3.05, 3.63) is 32.9 Å². The van der Waals surface area contributed by atoms with Gasteiger partial charge in [0.25, 0.3) is 0 Å². The summed E-state index contributed by atoms with van der Waals surface area (Å²) in [6, 6.07) is 4.01. The average Bonchev–Trinajstić information content (AvgIpc) is 2.59. The minimum Gasteiger partial charge on any atom is -0.361 e. The number of hydrogen-bond donors (Lipinski definition) is 0. The fourth-order valence-electron chi connectivity index (χ4n) is 2.06. The van der Waals surface area contributed by atoms with Gasteiger partial charge in [0.1, 0.15) is 12.5 Å². The summed E-state index contributed by atoms with van der Waals surface area (Å²) in [5, 5.41) is 0. The van der Waals surface area contributed by atoms with Crippen LogP contribution in [0, 0.1) is 5.82 Å². The molecule has 116 valence electrons. The van der Waals surface area contributed by atoms with E-state index in [1.54, 1.807) is 13.1 Å². The summed E-state index contributed by atoms with van der Waals surface area (Å²) >= 11 is 3.14. The normalized spacial score (nSPS) is 12.3. The summed E-state index contributed by atoms with van der Waals surface area (Å²) in [7, 11) is 0.517. The number of nitrogens with zero attached hydrogens (tertiary/aromatic N) is 2. The number of aryl methyl sites for hydroxylation is 1. The molecule has 0 bridgehead atoms. The highest BCUT2D eigenvalue weighted by atomic mass is 79.9. The Morgan fingerprint density at radius 3 is 2.57 bits per heavy atom. The fourth-order valence-corrected chi connectivity index (χ4v) is 3.14. The van der Waals surface area contributed by atoms with E-state index in [0.29, 0.717) is 22.1 Å². The van der Waals surface area contributed by atoms with Crippen molar-refractivity contribution in [1.29, 1.82) is 0 Å². The van der Waals surface area contributed by atoms with Gasteiger partial charge in [-0.3, -0.25) is 9.13 Å². The third-order valence-corrected chi connectivity index (χ3v) is 5.72. The smallest absolute Gasteiger partial charge is 0.330 e. The molecule has 0 atom stereocenters. The number of fused-ring (bicyclic) bond motifs is 1. The van der Waals surface area contributed by atoms with Crippen molar-refractivity contribution in [3.63, 3.8) is 0 Å². The molecule has 2 rings (SSSR count). The lowest BCUT2D eigenvalue weighted by Crippen LogP contribution is -2.25. The van der Waals surface area contributed by atoms with E-state index in [9.17, 15) is 9.18 Å². The van der Waals surface area contributed by atoms with Crippen LogP contribution < -0.4 is 5.69 Å². The number of hydrogen-bond acceptors (Lipinski definition) is 2. The lowest BCUT2D eigenvalue weighted by molar-refractivity contribution is 0.0873. The van der Waals surface area contributed by atoms with Gasteiger partial charge in [-0.2, -0.15) is 0 Å². The second-order valence-electron chi connectivity index (χ2n) is 6.37. The van der Waals surface area contributed by atoms with Crippen LogP contribution in [0.5, 0.6) is 0 Å². The molecule has 0 aliphatic heterocycles. The summed E-state index contributed by atoms with van der Waals surface area (Å²) in [5.41, 5.74) is 1.04. The van der Waals surface area contributed by atoms with E-state index in [-0.39, 0.29) is 18.2 Å². The molecule has 0 fully saturated rings. The molecule has 0 saturated heterocycles. The number of ether oxygens (including phenoxy) is 1. The zero-order valence-corrected chi connectivity index (χ0v) is 15.3. The summed E-state index contributed by atoms with van der Waals surface area (Å²) < 4.78 is 22.6. The van der Waals surface area contributed by atoms with E-state index in [4.69, 9.17) is 4.74 Å². The maximum absolute atomic E-state index is 13.7.